The van der Waals surface area contributed by atoms with Gasteiger partial charge in [-0.3, -0.25) is 0 Å². The van der Waals surface area contributed by atoms with Crippen molar-refractivity contribution < 1.29 is 14.6 Å². The van der Waals surface area contributed by atoms with Gasteiger partial charge in [-0.25, -0.2) is 4.79 Å². The highest BCUT2D eigenvalue weighted by molar-refractivity contribution is 5.75. The molecule has 5 nitrogen and oxygen atoms in total. The number of nitrogens with zero attached hydrogens (tertiary/aromatic N) is 1. The number of rotatable bonds is 2. The number of urea groups is 1. The number of hydrogen-bond donors (Lipinski definition) is 2. The molecule has 2 saturated carbocycles. The number of methoxy groups -OCH3 is 1. The summed E-state index contributed by atoms with van der Waals surface area (Å²) in [5.74, 6) is 0.187. The minimum atomic E-state index is -0.269. The maximum absolute atomic E-state index is 12.6. The summed E-state index contributed by atoms with van der Waals surface area (Å²) in [6, 6.07) is 0.691. The second-order valence-electron chi connectivity index (χ2n) is 6.91. The molecule has 2 bridgehead atoms. The quantitative estimate of drug-likeness (QED) is 0.818. The molecule has 120 valence electrons. The molecule has 3 rings (SSSR count). The zero-order chi connectivity index (χ0) is 14.8. The van der Waals surface area contributed by atoms with Crippen LogP contribution in [0, 0.1) is 5.92 Å². The summed E-state index contributed by atoms with van der Waals surface area (Å²) in [5, 5.41) is 13.3. The largest absolute Gasteiger partial charge is 0.393 e. The molecule has 0 aromatic carbocycles. The van der Waals surface area contributed by atoms with Crippen molar-refractivity contribution in [3.05, 3.63) is 0 Å². The van der Waals surface area contributed by atoms with E-state index in [9.17, 15) is 9.90 Å². The number of amides is 2. The van der Waals surface area contributed by atoms with E-state index in [4.69, 9.17) is 4.74 Å². The third-order valence-corrected chi connectivity index (χ3v) is 5.63. The summed E-state index contributed by atoms with van der Waals surface area (Å²) in [5.41, 5.74) is 0. The third-order valence-electron chi connectivity index (χ3n) is 5.63. The van der Waals surface area contributed by atoms with Crippen LogP contribution in [0.4, 0.5) is 4.79 Å². The Kier molecular flexibility index (Phi) is 4.69. The Balaban J connectivity index is 1.62. The first kappa shape index (κ1) is 15.1. The Morgan fingerprint density at radius 1 is 1.19 bits per heavy atom. The van der Waals surface area contributed by atoms with E-state index < -0.39 is 0 Å². The van der Waals surface area contributed by atoms with Crippen LogP contribution >= 0.6 is 0 Å². The highest BCUT2D eigenvalue weighted by atomic mass is 16.5. The van der Waals surface area contributed by atoms with Crippen molar-refractivity contribution in [2.75, 3.05) is 13.7 Å². The van der Waals surface area contributed by atoms with Crippen LogP contribution in [0.1, 0.15) is 51.4 Å². The predicted octanol–water partition coefficient (Wildman–Crippen LogP) is 1.89. The minimum Gasteiger partial charge on any atom is -0.393 e. The van der Waals surface area contributed by atoms with Crippen LogP contribution in [0.2, 0.25) is 0 Å². The van der Waals surface area contributed by atoms with E-state index in [1.807, 2.05) is 4.90 Å². The van der Waals surface area contributed by atoms with Crippen LogP contribution in [0.5, 0.6) is 0 Å². The molecule has 0 aromatic rings. The van der Waals surface area contributed by atoms with E-state index in [1.165, 1.54) is 19.3 Å². The second-order valence-corrected chi connectivity index (χ2v) is 6.91. The Bertz CT molecular complexity index is 371. The number of fused-ring (bicyclic) bond motifs is 2. The molecule has 3 aliphatic rings. The summed E-state index contributed by atoms with van der Waals surface area (Å²) >= 11 is 0. The lowest BCUT2D eigenvalue weighted by molar-refractivity contribution is -0.0919. The van der Waals surface area contributed by atoms with Gasteiger partial charge in [0, 0.05) is 31.7 Å². The molecule has 0 radical (unpaired) electrons. The van der Waals surface area contributed by atoms with Crippen LogP contribution in [-0.4, -0.2) is 54.0 Å². The van der Waals surface area contributed by atoms with Gasteiger partial charge < -0.3 is 20.1 Å². The molecule has 4 atom stereocenters. The van der Waals surface area contributed by atoms with Crippen molar-refractivity contribution in [2.45, 2.75) is 75.7 Å². The van der Waals surface area contributed by atoms with Crippen LogP contribution in [0.3, 0.4) is 0 Å². The lowest BCUT2D eigenvalue weighted by atomic mass is 9.76. The Morgan fingerprint density at radius 3 is 2.67 bits per heavy atom. The molecule has 21 heavy (non-hydrogen) atoms. The van der Waals surface area contributed by atoms with Crippen molar-refractivity contribution in [2.24, 2.45) is 5.92 Å². The highest BCUT2D eigenvalue weighted by Gasteiger charge is 2.44. The molecule has 2 aliphatic carbocycles. The highest BCUT2D eigenvalue weighted by Crippen LogP contribution is 2.36. The van der Waals surface area contributed by atoms with Gasteiger partial charge in [0.1, 0.15) is 0 Å². The van der Waals surface area contributed by atoms with Gasteiger partial charge in [-0.05, 0) is 32.1 Å². The summed E-state index contributed by atoms with van der Waals surface area (Å²) in [7, 11) is 1.68. The lowest BCUT2D eigenvalue weighted by Crippen LogP contribution is -2.60. The lowest BCUT2D eigenvalue weighted by Gasteiger charge is -2.48. The first-order valence-electron chi connectivity index (χ1n) is 8.47. The first-order chi connectivity index (χ1) is 10.2. The Hall–Kier alpha value is -0.810. The van der Waals surface area contributed by atoms with E-state index in [1.54, 1.807) is 7.11 Å². The maximum Gasteiger partial charge on any atom is 0.317 e. The van der Waals surface area contributed by atoms with E-state index in [0.717, 1.165) is 32.1 Å². The van der Waals surface area contributed by atoms with E-state index in [2.05, 4.69) is 5.32 Å². The SMILES string of the molecule is CO[C@H]1CN(C(=O)NC2CCCCC2)[C@@H]2CC[C@@H](O)[C@H]1C2. The maximum atomic E-state index is 12.6. The number of piperidine rings is 1. The fraction of sp³-hybridized carbons (Fsp3) is 0.938. The number of aliphatic hydroxyl groups excluding tert-OH is 1. The zero-order valence-electron chi connectivity index (χ0n) is 13.0. The molecule has 1 aliphatic heterocycles. The smallest absolute Gasteiger partial charge is 0.317 e. The molecule has 0 spiro atoms. The normalized spacial score (nSPS) is 37.3. The average molecular weight is 296 g/mol. The number of likely N-dealkylation sites (tertiary alicyclic amines) is 1. The number of nitrogens with one attached hydrogen (secondary N) is 1. The van der Waals surface area contributed by atoms with Crippen molar-refractivity contribution in [3.8, 4) is 0 Å². The van der Waals surface area contributed by atoms with Gasteiger partial charge in [-0.1, -0.05) is 19.3 Å². The third kappa shape index (κ3) is 3.19. The molecule has 0 aromatic heterocycles. The van der Waals surface area contributed by atoms with Gasteiger partial charge in [0.25, 0.3) is 0 Å². The molecular weight excluding hydrogens is 268 g/mol. The topological polar surface area (TPSA) is 61.8 Å². The number of carbonyl (C=O) groups is 1. The minimum absolute atomic E-state index is 0.0337. The second kappa shape index (κ2) is 6.53. The van der Waals surface area contributed by atoms with Gasteiger partial charge in [0.05, 0.1) is 12.2 Å². The molecule has 5 heteroatoms. The zero-order valence-corrected chi connectivity index (χ0v) is 13.0. The monoisotopic (exact) mass is 296 g/mol. The molecule has 0 unspecified atom stereocenters. The van der Waals surface area contributed by atoms with Crippen molar-refractivity contribution in [1.82, 2.24) is 10.2 Å². The Labute approximate surface area is 127 Å². The Morgan fingerprint density at radius 2 is 1.95 bits per heavy atom. The van der Waals surface area contributed by atoms with Gasteiger partial charge in [0.15, 0.2) is 0 Å². The van der Waals surface area contributed by atoms with E-state index in [-0.39, 0.29) is 30.2 Å². The fourth-order valence-corrected chi connectivity index (χ4v) is 4.33. The van der Waals surface area contributed by atoms with Gasteiger partial charge in [-0.2, -0.15) is 0 Å². The van der Waals surface area contributed by atoms with Crippen molar-refractivity contribution in [1.29, 1.82) is 0 Å². The van der Waals surface area contributed by atoms with Crippen molar-refractivity contribution >= 4 is 6.03 Å². The molecular formula is C16H28N2O3. The van der Waals surface area contributed by atoms with E-state index >= 15 is 0 Å². The first-order valence-corrected chi connectivity index (χ1v) is 8.47. The summed E-state index contributed by atoms with van der Waals surface area (Å²) in [6.45, 7) is 0.613. The summed E-state index contributed by atoms with van der Waals surface area (Å²) < 4.78 is 5.54. The molecule has 1 saturated heterocycles. The summed E-state index contributed by atoms with van der Waals surface area (Å²) in [4.78, 5) is 14.6. The number of carbonyl (C=O) groups excluding carboxylic acids is 1. The molecule has 2 amide bonds. The van der Waals surface area contributed by atoms with Crippen LogP contribution in [0.25, 0.3) is 0 Å². The van der Waals surface area contributed by atoms with Crippen LogP contribution in [-0.2, 0) is 4.74 Å². The number of hydrogen-bond acceptors (Lipinski definition) is 3. The molecule has 3 fully saturated rings. The number of aliphatic hydroxyl groups is 1. The molecule has 1 heterocycles. The average Bonchev–Trinajstić information content (AvgIpc) is 2.52. The molecule has 2 N–H and O–H groups in total. The van der Waals surface area contributed by atoms with Gasteiger partial charge in [-0.15, -0.1) is 0 Å². The predicted molar refractivity (Wildman–Crippen MR) is 80.0 cm³/mol. The van der Waals surface area contributed by atoms with Crippen molar-refractivity contribution in [3.63, 3.8) is 0 Å². The van der Waals surface area contributed by atoms with Crippen LogP contribution < -0.4 is 5.32 Å². The fourth-order valence-electron chi connectivity index (χ4n) is 4.33. The standard InChI is InChI=1S/C16H28N2O3/c1-21-15-10-18(12-7-8-14(19)13(15)9-12)16(20)17-11-5-3-2-4-6-11/h11-15,19H,2-10H2,1H3,(H,17,20)/t12-,13-,14-,15+/m1/s1. The van der Waals surface area contributed by atoms with Crippen LogP contribution in [0.15, 0.2) is 0 Å². The summed E-state index contributed by atoms with van der Waals surface area (Å²) in [6.07, 6.45) is 8.23. The van der Waals surface area contributed by atoms with Gasteiger partial charge in [0.2, 0.25) is 0 Å². The number of ether oxygens (including phenoxy) is 1. The van der Waals surface area contributed by atoms with E-state index in [0.29, 0.717) is 12.6 Å². The van der Waals surface area contributed by atoms with Gasteiger partial charge >= 0.3 is 6.03 Å².